The van der Waals surface area contributed by atoms with E-state index in [1.165, 1.54) is 38.2 Å². The van der Waals surface area contributed by atoms with Gasteiger partial charge in [0.15, 0.2) is 5.13 Å². The molecule has 194 valence electrons. The number of nitrogens with zero attached hydrogens (tertiary/aromatic N) is 3. The number of anilines is 2. The van der Waals surface area contributed by atoms with Crippen LogP contribution in [0.2, 0.25) is 0 Å². The predicted molar refractivity (Wildman–Crippen MR) is 150 cm³/mol. The lowest BCUT2D eigenvalue weighted by Crippen LogP contribution is -2.35. The Kier molecular flexibility index (Phi) is 6.73. The number of thiazole rings is 1. The fourth-order valence-electron chi connectivity index (χ4n) is 5.10. The lowest BCUT2D eigenvalue weighted by atomic mass is 10.0. The van der Waals surface area contributed by atoms with Crippen LogP contribution in [0.25, 0.3) is 0 Å². The van der Waals surface area contributed by atoms with Crippen molar-refractivity contribution in [3.63, 3.8) is 0 Å². The van der Waals surface area contributed by atoms with Gasteiger partial charge in [-0.15, -0.1) is 11.3 Å². The monoisotopic (exact) mass is 544 g/mol. The maximum absolute atomic E-state index is 13.4. The Morgan fingerprint density at radius 1 is 0.921 bits per heavy atom. The number of sulfonamides is 1. The number of para-hydroxylation sites is 1. The first-order valence-corrected chi connectivity index (χ1v) is 15.0. The van der Waals surface area contributed by atoms with E-state index in [2.05, 4.69) is 39.5 Å². The molecule has 0 saturated carbocycles. The zero-order valence-corrected chi connectivity index (χ0v) is 22.5. The quantitative estimate of drug-likeness (QED) is 0.365. The molecule has 7 nitrogen and oxygen atoms in total. The molecule has 0 atom stereocenters. The Labute approximate surface area is 226 Å². The van der Waals surface area contributed by atoms with Crippen LogP contribution in [0.4, 0.5) is 10.8 Å². The number of nitrogens with one attached hydrogen (secondary N) is 1. The van der Waals surface area contributed by atoms with Crippen molar-refractivity contribution in [3.8, 4) is 0 Å². The van der Waals surface area contributed by atoms with E-state index in [0.717, 1.165) is 55.8 Å². The lowest BCUT2D eigenvalue weighted by Gasteiger charge is -2.30. The van der Waals surface area contributed by atoms with Gasteiger partial charge in [-0.25, -0.2) is 13.4 Å². The number of aromatic nitrogens is 1. The molecule has 3 aromatic carbocycles. The van der Waals surface area contributed by atoms with Gasteiger partial charge in [0.2, 0.25) is 0 Å². The highest BCUT2D eigenvalue weighted by molar-refractivity contribution is 7.92. The number of hydrogen-bond donors (Lipinski definition) is 1. The topological polar surface area (TPSA) is 82.6 Å². The summed E-state index contributed by atoms with van der Waals surface area (Å²) in [7, 11) is -3.72. The van der Waals surface area contributed by atoms with E-state index >= 15 is 0 Å². The van der Waals surface area contributed by atoms with Crippen LogP contribution in [0.1, 0.15) is 38.5 Å². The zero-order valence-electron chi connectivity index (χ0n) is 20.8. The predicted octanol–water partition coefficient (Wildman–Crippen LogP) is 5.10. The second kappa shape index (κ2) is 10.3. The average Bonchev–Trinajstić information content (AvgIpc) is 3.35. The SMILES string of the molecule is O=C(Nc1nc2c(s1)CN(Cc1ccccc1)CC2)c1ccc(S(=O)(=O)N2CCCc3ccccc32)cc1. The third-order valence-electron chi connectivity index (χ3n) is 7.05. The van der Waals surface area contributed by atoms with Crippen molar-refractivity contribution >= 4 is 38.1 Å². The smallest absolute Gasteiger partial charge is 0.264 e. The summed E-state index contributed by atoms with van der Waals surface area (Å²) < 4.78 is 28.3. The molecule has 2 aliphatic rings. The third kappa shape index (κ3) is 4.97. The van der Waals surface area contributed by atoms with Crippen LogP contribution in [0.15, 0.2) is 83.8 Å². The number of carbonyl (C=O) groups excluding carboxylic acids is 1. The fourth-order valence-corrected chi connectivity index (χ4v) is 7.69. The first kappa shape index (κ1) is 24.8. The van der Waals surface area contributed by atoms with Crippen LogP contribution in [0.5, 0.6) is 0 Å². The Morgan fingerprint density at radius 2 is 1.68 bits per heavy atom. The summed E-state index contributed by atoms with van der Waals surface area (Å²) in [5.74, 6) is -0.301. The van der Waals surface area contributed by atoms with E-state index in [0.29, 0.717) is 17.2 Å². The van der Waals surface area contributed by atoms with Gasteiger partial charge in [0.1, 0.15) is 0 Å². The highest BCUT2D eigenvalue weighted by atomic mass is 32.2. The molecule has 38 heavy (non-hydrogen) atoms. The van der Waals surface area contributed by atoms with Crippen molar-refractivity contribution in [3.05, 3.63) is 106 Å². The molecule has 4 aromatic rings. The van der Waals surface area contributed by atoms with E-state index in [-0.39, 0.29) is 10.8 Å². The Hall–Kier alpha value is -3.53. The van der Waals surface area contributed by atoms with Crippen molar-refractivity contribution < 1.29 is 13.2 Å². The standard InChI is InChI=1S/C29H28N4O3S2/c34-28(31-29-30-25-16-18-32(20-27(25)37-29)19-21-7-2-1-3-8-21)23-12-14-24(15-13-23)38(35,36)33-17-6-10-22-9-4-5-11-26(22)33/h1-5,7-9,11-15H,6,10,16-20H2,(H,30,31,34). The summed E-state index contributed by atoms with van der Waals surface area (Å²) in [5.41, 5.74) is 4.48. The van der Waals surface area contributed by atoms with Crippen molar-refractivity contribution in [2.45, 2.75) is 37.2 Å². The first-order chi connectivity index (χ1) is 18.5. The summed E-state index contributed by atoms with van der Waals surface area (Å²) in [4.78, 5) is 21.3. The molecule has 0 fully saturated rings. The minimum atomic E-state index is -3.72. The molecule has 0 saturated heterocycles. The molecule has 1 aromatic heterocycles. The summed E-state index contributed by atoms with van der Waals surface area (Å²) >= 11 is 1.51. The average molecular weight is 545 g/mol. The van der Waals surface area contributed by atoms with E-state index in [1.807, 2.05) is 30.3 Å². The minimum Gasteiger partial charge on any atom is -0.298 e. The molecule has 0 unspecified atom stereocenters. The summed E-state index contributed by atoms with van der Waals surface area (Å²) in [6.07, 6.45) is 2.49. The van der Waals surface area contributed by atoms with Crippen molar-refractivity contribution in [1.29, 1.82) is 0 Å². The third-order valence-corrected chi connectivity index (χ3v) is 9.88. The number of carbonyl (C=O) groups is 1. The van der Waals surface area contributed by atoms with Gasteiger partial charge in [-0.3, -0.25) is 19.3 Å². The summed E-state index contributed by atoms with van der Waals surface area (Å²) in [6, 6.07) is 24.2. The van der Waals surface area contributed by atoms with Crippen LogP contribution in [-0.4, -0.2) is 37.3 Å². The van der Waals surface area contributed by atoms with Crippen molar-refractivity contribution in [1.82, 2.24) is 9.88 Å². The van der Waals surface area contributed by atoms with Crippen LogP contribution < -0.4 is 9.62 Å². The first-order valence-electron chi connectivity index (χ1n) is 12.7. The number of hydrogen-bond acceptors (Lipinski definition) is 6. The molecule has 0 bridgehead atoms. The molecule has 6 rings (SSSR count). The van der Waals surface area contributed by atoms with Gasteiger partial charge >= 0.3 is 0 Å². The Balaban J connectivity index is 1.13. The molecule has 0 radical (unpaired) electrons. The number of fused-ring (bicyclic) bond motifs is 2. The van der Waals surface area contributed by atoms with E-state index in [9.17, 15) is 13.2 Å². The lowest BCUT2D eigenvalue weighted by molar-refractivity contribution is 0.102. The fraction of sp³-hybridized carbons (Fsp3) is 0.241. The van der Waals surface area contributed by atoms with Gasteiger partial charge in [0.25, 0.3) is 15.9 Å². The molecule has 1 amide bonds. The van der Waals surface area contributed by atoms with Crippen LogP contribution in [0.3, 0.4) is 0 Å². The van der Waals surface area contributed by atoms with E-state index in [4.69, 9.17) is 0 Å². The van der Waals surface area contributed by atoms with Gasteiger partial charge in [-0.1, -0.05) is 48.5 Å². The van der Waals surface area contributed by atoms with Crippen molar-refractivity contribution in [2.24, 2.45) is 0 Å². The van der Waals surface area contributed by atoms with Gasteiger partial charge in [-0.05, 0) is 54.3 Å². The second-order valence-electron chi connectivity index (χ2n) is 9.62. The molecule has 3 heterocycles. The van der Waals surface area contributed by atoms with Crippen LogP contribution >= 0.6 is 11.3 Å². The normalized spacial score (nSPS) is 15.5. The van der Waals surface area contributed by atoms with Gasteiger partial charge in [0, 0.05) is 43.0 Å². The molecule has 1 N–H and O–H groups in total. The van der Waals surface area contributed by atoms with Gasteiger partial charge in [0.05, 0.1) is 16.3 Å². The number of rotatable bonds is 6. The Morgan fingerprint density at radius 3 is 2.50 bits per heavy atom. The molecule has 0 aliphatic carbocycles. The zero-order chi connectivity index (χ0) is 26.1. The highest BCUT2D eigenvalue weighted by Gasteiger charge is 2.29. The number of aryl methyl sites for hydroxylation is 1. The maximum Gasteiger partial charge on any atom is 0.264 e. The maximum atomic E-state index is 13.4. The van der Waals surface area contributed by atoms with Gasteiger partial charge < -0.3 is 0 Å². The van der Waals surface area contributed by atoms with E-state index < -0.39 is 10.0 Å². The molecule has 9 heteroatoms. The van der Waals surface area contributed by atoms with Crippen LogP contribution in [0, 0.1) is 0 Å². The summed E-state index contributed by atoms with van der Waals surface area (Å²) in [5, 5.41) is 3.48. The number of amides is 1. The Bertz CT molecular complexity index is 1570. The second-order valence-corrected chi connectivity index (χ2v) is 12.6. The van der Waals surface area contributed by atoms with Crippen molar-refractivity contribution in [2.75, 3.05) is 22.7 Å². The molecular weight excluding hydrogens is 516 g/mol. The molecule has 2 aliphatic heterocycles. The van der Waals surface area contributed by atoms with Gasteiger partial charge in [-0.2, -0.15) is 0 Å². The molecule has 0 spiro atoms. The number of benzene rings is 3. The molecular formula is C29H28N4O3S2. The minimum absolute atomic E-state index is 0.175. The largest absolute Gasteiger partial charge is 0.298 e. The van der Waals surface area contributed by atoms with Crippen LogP contribution in [-0.2, 0) is 36.0 Å². The summed E-state index contributed by atoms with van der Waals surface area (Å²) in [6.45, 7) is 3.07. The highest BCUT2D eigenvalue weighted by Crippen LogP contribution is 2.32. The van der Waals surface area contributed by atoms with E-state index in [1.54, 1.807) is 12.1 Å².